The van der Waals surface area contributed by atoms with Gasteiger partial charge < -0.3 is 15.5 Å². The highest BCUT2D eigenvalue weighted by Gasteiger charge is 2.41. The SMILES string of the molecule is CC(=O)N1CCN(S(=O)(=O)c2ccc(F)cc2)[C@@H](C(=O)N[C@@H]2CCCNC2=O)C1. The molecule has 11 heteroatoms. The van der Waals surface area contributed by atoms with Crippen molar-refractivity contribution >= 4 is 27.7 Å². The second-order valence-corrected chi connectivity index (χ2v) is 8.94. The van der Waals surface area contributed by atoms with Crippen molar-refractivity contribution in [3.63, 3.8) is 0 Å². The lowest BCUT2D eigenvalue weighted by Gasteiger charge is -2.39. The molecule has 0 radical (unpaired) electrons. The van der Waals surface area contributed by atoms with E-state index in [-0.39, 0.29) is 36.3 Å². The first-order valence-electron chi connectivity index (χ1n) is 9.31. The Morgan fingerprint density at radius 1 is 1.21 bits per heavy atom. The second-order valence-electron chi connectivity index (χ2n) is 7.04. The van der Waals surface area contributed by atoms with Crippen molar-refractivity contribution in [3.8, 4) is 0 Å². The average Bonchev–Trinajstić information content (AvgIpc) is 2.69. The zero-order chi connectivity index (χ0) is 21.2. The number of carbonyl (C=O) groups excluding carboxylic acids is 3. The quantitative estimate of drug-likeness (QED) is 0.670. The van der Waals surface area contributed by atoms with Crippen molar-refractivity contribution in [2.24, 2.45) is 0 Å². The highest BCUT2D eigenvalue weighted by atomic mass is 32.2. The number of amides is 3. The maximum atomic E-state index is 13.2. The van der Waals surface area contributed by atoms with Crippen molar-refractivity contribution in [1.82, 2.24) is 19.8 Å². The number of sulfonamides is 1. The first-order valence-corrected chi connectivity index (χ1v) is 10.7. The van der Waals surface area contributed by atoms with Gasteiger partial charge in [0.2, 0.25) is 27.7 Å². The highest BCUT2D eigenvalue weighted by molar-refractivity contribution is 7.89. The van der Waals surface area contributed by atoms with Crippen LogP contribution in [0, 0.1) is 5.82 Å². The van der Waals surface area contributed by atoms with Crippen LogP contribution < -0.4 is 10.6 Å². The smallest absolute Gasteiger partial charge is 0.243 e. The average molecular weight is 426 g/mol. The molecule has 2 atom stereocenters. The van der Waals surface area contributed by atoms with Crippen molar-refractivity contribution in [3.05, 3.63) is 30.1 Å². The third-order valence-electron chi connectivity index (χ3n) is 5.10. The largest absolute Gasteiger partial charge is 0.354 e. The van der Waals surface area contributed by atoms with Crippen molar-refractivity contribution in [2.45, 2.75) is 36.7 Å². The van der Waals surface area contributed by atoms with E-state index in [1.807, 2.05) is 0 Å². The van der Waals surface area contributed by atoms with Crippen LogP contribution >= 0.6 is 0 Å². The van der Waals surface area contributed by atoms with Crippen molar-refractivity contribution in [2.75, 3.05) is 26.2 Å². The Labute approximate surface area is 168 Å². The molecule has 2 heterocycles. The molecule has 0 unspecified atom stereocenters. The summed E-state index contributed by atoms with van der Waals surface area (Å²) in [5, 5.41) is 5.26. The normalized spacial score (nSPS) is 23.4. The van der Waals surface area contributed by atoms with Gasteiger partial charge in [0.25, 0.3) is 0 Å². The fourth-order valence-corrected chi connectivity index (χ4v) is 5.04. The van der Waals surface area contributed by atoms with Crippen LogP contribution in [0.2, 0.25) is 0 Å². The van der Waals surface area contributed by atoms with E-state index in [1.165, 1.54) is 11.8 Å². The van der Waals surface area contributed by atoms with Gasteiger partial charge in [0, 0.05) is 33.1 Å². The predicted molar refractivity (Wildman–Crippen MR) is 101 cm³/mol. The van der Waals surface area contributed by atoms with Gasteiger partial charge >= 0.3 is 0 Å². The maximum Gasteiger partial charge on any atom is 0.243 e. The van der Waals surface area contributed by atoms with Crippen molar-refractivity contribution < 1.29 is 27.2 Å². The molecule has 1 aromatic carbocycles. The predicted octanol–water partition coefficient (Wildman–Crippen LogP) is -0.558. The van der Waals surface area contributed by atoms with Crippen LogP contribution in [0.4, 0.5) is 4.39 Å². The number of piperazine rings is 1. The minimum atomic E-state index is -4.11. The summed E-state index contributed by atoms with van der Waals surface area (Å²) < 4.78 is 40.4. The van der Waals surface area contributed by atoms with Crippen molar-refractivity contribution in [1.29, 1.82) is 0 Å². The zero-order valence-electron chi connectivity index (χ0n) is 15.9. The number of hydrogen-bond donors (Lipinski definition) is 2. The standard InChI is InChI=1S/C18H23FN4O5S/c1-12(24)22-9-10-23(29(27,28)14-6-4-13(19)5-7-14)16(11-22)18(26)21-15-3-2-8-20-17(15)25/h4-7,15-16H,2-3,8-11H2,1H3,(H,20,25)(H,21,26)/t15-,16-/m1/s1. The van der Waals surface area contributed by atoms with Gasteiger partial charge in [0.15, 0.2) is 0 Å². The number of carbonyl (C=O) groups is 3. The molecule has 3 rings (SSSR count). The number of piperidine rings is 1. The second kappa shape index (κ2) is 8.46. The molecule has 2 aliphatic rings. The first kappa shape index (κ1) is 21.2. The highest BCUT2D eigenvalue weighted by Crippen LogP contribution is 2.22. The molecule has 0 saturated carbocycles. The summed E-state index contributed by atoms with van der Waals surface area (Å²) in [5.74, 6) is -1.83. The third kappa shape index (κ3) is 4.56. The molecule has 1 aromatic rings. The van der Waals surface area contributed by atoms with Gasteiger partial charge in [-0.05, 0) is 37.1 Å². The minimum Gasteiger partial charge on any atom is -0.354 e. The Balaban J connectivity index is 1.87. The monoisotopic (exact) mass is 426 g/mol. The summed E-state index contributed by atoms with van der Waals surface area (Å²) in [6.07, 6.45) is 1.14. The van der Waals surface area contributed by atoms with Gasteiger partial charge in [-0.3, -0.25) is 14.4 Å². The van der Waals surface area contributed by atoms with Gasteiger partial charge in [0.1, 0.15) is 17.9 Å². The van der Waals surface area contributed by atoms with Crippen LogP contribution in [-0.4, -0.2) is 73.6 Å². The molecule has 0 aromatic heterocycles. The number of nitrogens with zero attached hydrogens (tertiary/aromatic N) is 2. The van der Waals surface area contributed by atoms with E-state index in [9.17, 15) is 27.2 Å². The van der Waals surface area contributed by atoms with E-state index >= 15 is 0 Å². The van der Waals surface area contributed by atoms with E-state index in [0.717, 1.165) is 28.6 Å². The first-order chi connectivity index (χ1) is 13.7. The summed E-state index contributed by atoms with van der Waals surface area (Å²) in [6, 6.07) is 2.37. The molecule has 0 spiro atoms. The molecule has 0 aliphatic carbocycles. The lowest BCUT2D eigenvalue weighted by atomic mass is 10.1. The molecule has 2 saturated heterocycles. The molecule has 0 bridgehead atoms. The Morgan fingerprint density at radius 2 is 1.90 bits per heavy atom. The number of nitrogens with one attached hydrogen (secondary N) is 2. The number of halogens is 1. The molecular formula is C18H23FN4O5S. The Bertz CT molecular complexity index is 905. The Kier molecular flexibility index (Phi) is 6.18. The molecule has 2 fully saturated rings. The van der Waals surface area contributed by atoms with Crippen LogP contribution in [0.1, 0.15) is 19.8 Å². The topological polar surface area (TPSA) is 116 Å². The van der Waals surface area contributed by atoms with Crippen LogP contribution in [0.3, 0.4) is 0 Å². The lowest BCUT2D eigenvalue weighted by molar-refractivity contribution is -0.136. The van der Waals surface area contributed by atoms with E-state index in [2.05, 4.69) is 10.6 Å². The van der Waals surface area contributed by atoms with Crippen LogP contribution in [0.25, 0.3) is 0 Å². The maximum absolute atomic E-state index is 13.2. The summed E-state index contributed by atoms with van der Waals surface area (Å²) in [4.78, 5) is 37.9. The van der Waals surface area contributed by atoms with Gasteiger partial charge in [0.05, 0.1) is 4.90 Å². The molecule has 158 valence electrons. The van der Waals surface area contributed by atoms with Gasteiger partial charge in [-0.2, -0.15) is 4.31 Å². The zero-order valence-corrected chi connectivity index (χ0v) is 16.7. The van der Waals surface area contributed by atoms with Gasteiger partial charge in [-0.15, -0.1) is 0 Å². The van der Waals surface area contributed by atoms with E-state index in [0.29, 0.717) is 19.4 Å². The minimum absolute atomic E-state index is 0.0890. The van der Waals surface area contributed by atoms with Crippen LogP contribution in [0.15, 0.2) is 29.2 Å². The van der Waals surface area contributed by atoms with Gasteiger partial charge in [-0.1, -0.05) is 0 Å². The van der Waals surface area contributed by atoms with E-state index < -0.39 is 33.8 Å². The Morgan fingerprint density at radius 3 is 2.52 bits per heavy atom. The molecule has 2 N–H and O–H groups in total. The molecule has 2 aliphatic heterocycles. The number of hydrogen-bond acceptors (Lipinski definition) is 5. The summed E-state index contributed by atoms with van der Waals surface area (Å²) in [7, 11) is -4.11. The molecule has 9 nitrogen and oxygen atoms in total. The fraction of sp³-hybridized carbons (Fsp3) is 0.500. The van der Waals surface area contributed by atoms with Gasteiger partial charge in [-0.25, -0.2) is 12.8 Å². The summed E-state index contributed by atoms with van der Waals surface area (Å²) in [6.45, 7) is 1.78. The number of benzene rings is 1. The Hall–Kier alpha value is -2.53. The lowest BCUT2D eigenvalue weighted by Crippen LogP contribution is -2.63. The fourth-order valence-electron chi connectivity index (χ4n) is 3.47. The molecular weight excluding hydrogens is 403 g/mol. The van der Waals surface area contributed by atoms with Crippen LogP contribution in [-0.2, 0) is 24.4 Å². The van der Waals surface area contributed by atoms with Crippen LogP contribution in [0.5, 0.6) is 0 Å². The van der Waals surface area contributed by atoms with E-state index in [1.54, 1.807) is 0 Å². The third-order valence-corrected chi connectivity index (χ3v) is 7.02. The van der Waals surface area contributed by atoms with E-state index in [4.69, 9.17) is 0 Å². The number of rotatable bonds is 4. The molecule has 29 heavy (non-hydrogen) atoms. The summed E-state index contributed by atoms with van der Waals surface area (Å²) >= 11 is 0. The summed E-state index contributed by atoms with van der Waals surface area (Å²) in [5.41, 5.74) is 0. The molecule has 3 amide bonds.